The summed E-state index contributed by atoms with van der Waals surface area (Å²) in [6.07, 6.45) is 1.28. The first-order valence-electron chi connectivity index (χ1n) is 9.52. The lowest BCUT2D eigenvalue weighted by atomic mass is 9.83. The predicted molar refractivity (Wildman–Crippen MR) is 107 cm³/mol. The molecule has 2 aliphatic rings. The van der Waals surface area contributed by atoms with Gasteiger partial charge >= 0.3 is 5.97 Å². The second-order valence-corrected chi connectivity index (χ2v) is 7.62. The lowest BCUT2D eigenvalue weighted by Gasteiger charge is -2.38. The van der Waals surface area contributed by atoms with E-state index in [0.717, 1.165) is 27.8 Å². The molecular formula is C24H21NO3. The molecule has 1 fully saturated rings. The maximum absolute atomic E-state index is 11.7. The minimum Gasteiger partial charge on any atom is -0.480 e. The van der Waals surface area contributed by atoms with Crippen LogP contribution in [0.15, 0.2) is 78.9 Å². The topological polar surface area (TPSA) is 72.6 Å². The molecule has 3 aromatic rings. The summed E-state index contributed by atoms with van der Waals surface area (Å²) in [7, 11) is 0. The van der Waals surface area contributed by atoms with Crippen LogP contribution in [0.3, 0.4) is 0 Å². The van der Waals surface area contributed by atoms with Crippen LogP contribution in [0.5, 0.6) is 0 Å². The SMILES string of the molecule is NC(C(=O)O)C1(OC2(c3ccccc3)c3ccccc3-c3ccccc32)CC1. The average Bonchev–Trinajstić information content (AvgIpc) is 3.47. The molecule has 0 bridgehead atoms. The van der Waals surface area contributed by atoms with Crippen LogP contribution in [0.1, 0.15) is 29.5 Å². The number of rotatable bonds is 5. The maximum Gasteiger partial charge on any atom is 0.323 e. The van der Waals surface area contributed by atoms with Crippen molar-refractivity contribution in [3.8, 4) is 11.1 Å². The molecule has 3 aromatic carbocycles. The molecule has 5 rings (SSSR count). The predicted octanol–water partition coefficient (Wildman–Crippen LogP) is 3.92. The van der Waals surface area contributed by atoms with Crippen LogP contribution < -0.4 is 5.73 Å². The molecule has 4 heteroatoms. The molecule has 0 heterocycles. The van der Waals surface area contributed by atoms with Gasteiger partial charge in [0, 0.05) is 11.1 Å². The molecule has 4 nitrogen and oxygen atoms in total. The fourth-order valence-corrected chi connectivity index (χ4v) is 4.48. The second-order valence-electron chi connectivity index (χ2n) is 7.62. The van der Waals surface area contributed by atoms with E-state index >= 15 is 0 Å². The van der Waals surface area contributed by atoms with Gasteiger partial charge in [-0.3, -0.25) is 4.79 Å². The summed E-state index contributed by atoms with van der Waals surface area (Å²) in [5, 5.41) is 9.57. The van der Waals surface area contributed by atoms with Crippen molar-refractivity contribution >= 4 is 5.97 Å². The van der Waals surface area contributed by atoms with E-state index in [-0.39, 0.29) is 0 Å². The Morgan fingerprint density at radius 2 is 1.36 bits per heavy atom. The van der Waals surface area contributed by atoms with Gasteiger partial charge in [-0.15, -0.1) is 0 Å². The molecule has 0 aliphatic heterocycles. The van der Waals surface area contributed by atoms with E-state index in [2.05, 4.69) is 24.3 Å². The zero-order valence-corrected chi connectivity index (χ0v) is 15.3. The van der Waals surface area contributed by atoms with Crippen LogP contribution in [-0.2, 0) is 15.1 Å². The van der Waals surface area contributed by atoms with E-state index in [9.17, 15) is 9.90 Å². The van der Waals surface area contributed by atoms with Crippen molar-refractivity contribution in [3.63, 3.8) is 0 Å². The molecule has 1 unspecified atom stereocenters. The van der Waals surface area contributed by atoms with E-state index in [4.69, 9.17) is 10.5 Å². The highest BCUT2D eigenvalue weighted by atomic mass is 16.5. The van der Waals surface area contributed by atoms with Gasteiger partial charge in [0.15, 0.2) is 0 Å². The number of carbonyl (C=O) groups is 1. The van der Waals surface area contributed by atoms with Crippen molar-refractivity contribution in [2.24, 2.45) is 5.73 Å². The fourth-order valence-electron chi connectivity index (χ4n) is 4.48. The Balaban J connectivity index is 1.79. The second kappa shape index (κ2) is 6.03. The van der Waals surface area contributed by atoms with Crippen molar-refractivity contribution in [2.75, 3.05) is 0 Å². The number of hydrogen-bond donors (Lipinski definition) is 2. The number of nitrogens with two attached hydrogens (primary N) is 1. The standard InChI is InChI=1S/C24H21NO3/c25-21(22(26)27)23(14-15-23)28-24(16-8-2-1-3-9-16)19-12-6-4-10-17(19)18-11-5-7-13-20(18)24/h1-13,21H,14-15,25H2,(H,26,27). The first-order chi connectivity index (χ1) is 13.6. The number of carboxylic acid groups (broad SMARTS) is 1. The van der Waals surface area contributed by atoms with Crippen LogP contribution >= 0.6 is 0 Å². The Kier molecular flexibility index (Phi) is 3.69. The third kappa shape index (κ3) is 2.28. The van der Waals surface area contributed by atoms with E-state index in [0.29, 0.717) is 12.8 Å². The summed E-state index contributed by atoms with van der Waals surface area (Å²) in [4.78, 5) is 11.7. The number of hydrogen-bond acceptors (Lipinski definition) is 3. The largest absolute Gasteiger partial charge is 0.480 e. The summed E-state index contributed by atoms with van der Waals surface area (Å²) < 4.78 is 6.85. The van der Waals surface area contributed by atoms with Gasteiger partial charge in [-0.05, 0) is 29.5 Å². The van der Waals surface area contributed by atoms with Gasteiger partial charge in [-0.25, -0.2) is 0 Å². The number of aliphatic carboxylic acids is 1. The normalized spacial score (nSPS) is 18.8. The van der Waals surface area contributed by atoms with Gasteiger partial charge in [-0.2, -0.15) is 0 Å². The Bertz CT molecular complexity index is 1010. The van der Waals surface area contributed by atoms with E-state index in [1.807, 2.05) is 54.6 Å². The van der Waals surface area contributed by atoms with E-state index in [1.54, 1.807) is 0 Å². The molecule has 1 saturated carbocycles. The Labute approximate surface area is 163 Å². The Morgan fingerprint density at radius 3 is 1.86 bits per heavy atom. The van der Waals surface area contributed by atoms with Crippen molar-refractivity contribution in [1.29, 1.82) is 0 Å². The minimum absolute atomic E-state index is 0.638. The average molecular weight is 371 g/mol. The zero-order valence-electron chi connectivity index (χ0n) is 15.3. The molecule has 0 aromatic heterocycles. The van der Waals surface area contributed by atoms with Crippen molar-refractivity contribution in [2.45, 2.75) is 30.1 Å². The first kappa shape index (κ1) is 17.2. The third-order valence-corrected chi connectivity index (χ3v) is 6.02. The lowest BCUT2D eigenvalue weighted by Crippen LogP contribution is -2.49. The molecule has 3 N–H and O–H groups in total. The van der Waals surface area contributed by atoms with Crippen LogP contribution in [0.4, 0.5) is 0 Å². The molecule has 2 aliphatic carbocycles. The molecule has 140 valence electrons. The van der Waals surface area contributed by atoms with Crippen molar-refractivity contribution in [3.05, 3.63) is 95.6 Å². The van der Waals surface area contributed by atoms with Crippen LogP contribution in [0.2, 0.25) is 0 Å². The van der Waals surface area contributed by atoms with Gasteiger partial charge in [0.25, 0.3) is 0 Å². The Morgan fingerprint density at radius 1 is 0.857 bits per heavy atom. The van der Waals surface area contributed by atoms with Gasteiger partial charge in [0.1, 0.15) is 11.6 Å². The van der Waals surface area contributed by atoms with Gasteiger partial charge in [0.05, 0.1) is 5.60 Å². The molecule has 1 atom stereocenters. The van der Waals surface area contributed by atoms with Gasteiger partial charge in [0.2, 0.25) is 0 Å². The summed E-state index contributed by atoms with van der Waals surface area (Å²) in [5.41, 5.74) is 9.62. The summed E-state index contributed by atoms with van der Waals surface area (Å²) in [6, 6.07) is 25.4. The minimum atomic E-state index is -1.06. The van der Waals surface area contributed by atoms with Crippen LogP contribution in [0, 0.1) is 0 Å². The Hall–Kier alpha value is -2.95. The number of ether oxygens (including phenoxy) is 1. The third-order valence-electron chi connectivity index (χ3n) is 6.02. The summed E-state index contributed by atoms with van der Waals surface area (Å²) in [6.45, 7) is 0. The number of benzene rings is 3. The van der Waals surface area contributed by atoms with Crippen molar-refractivity contribution in [1.82, 2.24) is 0 Å². The first-order valence-corrected chi connectivity index (χ1v) is 9.52. The maximum atomic E-state index is 11.7. The molecular weight excluding hydrogens is 350 g/mol. The highest BCUT2D eigenvalue weighted by molar-refractivity contribution is 5.82. The highest BCUT2D eigenvalue weighted by Crippen LogP contribution is 2.58. The summed E-state index contributed by atoms with van der Waals surface area (Å²) >= 11 is 0. The fraction of sp³-hybridized carbons (Fsp3) is 0.208. The quantitative estimate of drug-likeness (QED) is 0.713. The van der Waals surface area contributed by atoms with Crippen molar-refractivity contribution < 1.29 is 14.6 Å². The van der Waals surface area contributed by atoms with Gasteiger partial charge in [-0.1, -0.05) is 78.9 Å². The van der Waals surface area contributed by atoms with Crippen LogP contribution in [0.25, 0.3) is 11.1 Å². The molecule has 0 radical (unpaired) electrons. The molecule has 0 spiro atoms. The lowest BCUT2D eigenvalue weighted by molar-refractivity contribution is -0.148. The molecule has 28 heavy (non-hydrogen) atoms. The van der Waals surface area contributed by atoms with Gasteiger partial charge < -0.3 is 15.6 Å². The molecule has 0 saturated heterocycles. The summed E-state index contributed by atoms with van der Waals surface area (Å²) in [5.74, 6) is -1.03. The number of carboxylic acids is 1. The highest BCUT2D eigenvalue weighted by Gasteiger charge is 2.59. The van der Waals surface area contributed by atoms with E-state index < -0.39 is 23.2 Å². The smallest absolute Gasteiger partial charge is 0.323 e. The zero-order chi connectivity index (χ0) is 19.4. The number of fused-ring (bicyclic) bond motifs is 3. The monoisotopic (exact) mass is 371 g/mol. The molecule has 0 amide bonds. The van der Waals surface area contributed by atoms with E-state index in [1.165, 1.54) is 0 Å². The van der Waals surface area contributed by atoms with Crippen LogP contribution in [-0.4, -0.2) is 22.7 Å².